The third-order valence-corrected chi connectivity index (χ3v) is 3.95. The average Bonchev–Trinajstić information content (AvgIpc) is 3.27. The monoisotopic (exact) mass is 312 g/mol. The Morgan fingerprint density at radius 2 is 1.52 bits per heavy atom. The fourth-order valence-electron chi connectivity index (χ4n) is 2.78. The van der Waals surface area contributed by atoms with Crippen molar-refractivity contribution in [2.24, 2.45) is 0 Å². The summed E-state index contributed by atoms with van der Waals surface area (Å²) in [6.07, 6.45) is 4.39. The molecule has 0 bridgehead atoms. The van der Waals surface area contributed by atoms with Crippen LogP contribution in [0.25, 0.3) is 0 Å². The van der Waals surface area contributed by atoms with E-state index < -0.39 is 0 Å². The van der Waals surface area contributed by atoms with E-state index >= 15 is 0 Å². The van der Waals surface area contributed by atoms with Gasteiger partial charge in [-0.1, -0.05) is 18.2 Å². The van der Waals surface area contributed by atoms with Gasteiger partial charge in [-0.2, -0.15) is 0 Å². The lowest BCUT2D eigenvalue weighted by atomic mass is 10.1. The third kappa shape index (κ3) is 4.27. The fourth-order valence-corrected chi connectivity index (χ4v) is 2.78. The number of nitrogens with one attached hydrogen (secondary N) is 1. The van der Waals surface area contributed by atoms with Gasteiger partial charge in [-0.3, -0.25) is 0 Å². The number of furan rings is 2. The predicted molar refractivity (Wildman–Crippen MR) is 87.4 cm³/mol. The van der Waals surface area contributed by atoms with E-state index in [1.165, 1.54) is 10.5 Å². The predicted octanol–water partition coefficient (Wildman–Crippen LogP) is 2.71. The van der Waals surface area contributed by atoms with E-state index in [1.54, 1.807) is 19.6 Å². The van der Waals surface area contributed by atoms with Crippen LogP contribution in [0, 0.1) is 0 Å². The number of methoxy groups -OCH3 is 1. The van der Waals surface area contributed by atoms with E-state index in [2.05, 4.69) is 12.1 Å². The second-order valence-electron chi connectivity index (χ2n) is 5.57. The summed E-state index contributed by atoms with van der Waals surface area (Å²) in [5.74, 6) is 2.93. The van der Waals surface area contributed by atoms with Crippen LogP contribution in [0.4, 0.5) is 0 Å². The number of benzene rings is 1. The minimum absolute atomic E-state index is 0.836. The molecule has 23 heavy (non-hydrogen) atoms. The van der Waals surface area contributed by atoms with Gasteiger partial charge in [0, 0.05) is 6.42 Å². The molecule has 0 unspecified atom stereocenters. The fraction of sp³-hybridized carbons (Fsp3) is 0.263. The van der Waals surface area contributed by atoms with Crippen LogP contribution in [0.15, 0.2) is 69.9 Å². The minimum Gasteiger partial charge on any atom is -0.496 e. The molecule has 3 rings (SSSR count). The lowest BCUT2D eigenvalue weighted by Crippen LogP contribution is -3.09. The van der Waals surface area contributed by atoms with Gasteiger partial charge in [0.15, 0.2) is 11.5 Å². The first-order valence-electron chi connectivity index (χ1n) is 7.85. The van der Waals surface area contributed by atoms with Crippen molar-refractivity contribution in [3.05, 3.63) is 78.1 Å². The molecule has 0 saturated heterocycles. The summed E-state index contributed by atoms with van der Waals surface area (Å²) >= 11 is 0. The van der Waals surface area contributed by atoms with Crippen LogP contribution in [-0.2, 0) is 19.5 Å². The first-order chi connectivity index (χ1) is 11.3. The van der Waals surface area contributed by atoms with Gasteiger partial charge in [0.2, 0.25) is 0 Å². The zero-order valence-corrected chi connectivity index (χ0v) is 13.3. The molecule has 0 radical (unpaired) electrons. The first-order valence-corrected chi connectivity index (χ1v) is 7.85. The van der Waals surface area contributed by atoms with Crippen LogP contribution in [0.5, 0.6) is 5.75 Å². The van der Waals surface area contributed by atoms with Gasteiger partial charge in [-0.05, 0) is 35.9 Å². The Balaban J connectivity index is 1.67. The Morgan fingerprint density at radius 1 is 0.870 bits per heavy atom. The molecule has 1 N–H and O–H groups in total. The number of ether oxygens (including phenoxy) is 1. The molecule has 2 aromatic heterocycles. The van der Waals surface area contributed by atoms with E-state index in [4.69, 9.17) is 13.6 Å². The molecule has 2 heterocycles. The standard InChI is InChI=1S/C19H21NO3/c1-21-19-9-3-2-6-16(19)10-11-20(14-17-7-4-12-22-17)15-18-8-5-13-23-18/h2-9,12-13H,10-11,14-15H2,1H3/p+1. The number of hydrogen-bond acceptors (Lipinski definition) is 3. The Morgan fingerprint density at radius 3 is 2.09 bits per heavy atom. The second-order valence-corrected chi connectivity index (χ2v) is 5.57. The number of quaternary nitrogens is 1. The van der Waals surface area contributed by atoms with Crippen LogP contribution in [0.3, 0.4) is 0 Å². The summed E-state index contributed by atoms with van der Waals surface area (Å²) in [4.78, 5) is 1.39. The molecule has 0 aliphatic carbocycles. The van der Waals surface area contributed by atoms with E-state index in [0.717, 1.165) is 43.3 Å². The average molecular weight is 312 g/mol. The van der Waals surface area contributed by atoms with Crippen LogP contribution in [0.2, 0.25) is 0 Å². The maximum absolute atomic E-state index is 5.50. The number of hydrogen-bond donors (Lipinski definition) is 1. The summed E-state index contributed by atoms with van der Waals surface area (Å²) in [6, 6.07) is 16.1. The van der Waals surface area contributed by atoms with E-state index in [-0.39, 0.29) is 0 Å². The highest BCUT2D eigenvalue weighted by molar-refractivity contribution is 5.33. The second kappa shape index (κ2) is 7.70. The Hall–Kier alpha value is -2.46. The maximum Gasteiger partial charge on any atom is 0.157 e. The molecule has 0 saturated carbocycles. The van der Waals surface area contributed by atoms with Crippen LogP contribution < -0.4 is 9.64 Å². The van der Waals surface area contributed by atoms with Gasteiger partial charge >= 0.3 is 0 Å². The van der Waals surface area contributed by atoms with Crippen molar-refractivity contribution in [2.45, 2.75) is 19.5 Å². The summed E-state index contributed by atoms with van der Waals surface area (Å²) in [5, 5.41) is 0. The molecule has 120 valence electrons. The molecule has 0 aliphatic heterocycles. The lowest BCUT2D eigenvalue weighted by Gasteiger charge is -2.18. The molecule has 4 heteroatoms. The molecule has 0 fully saturated rings. The first kappa shape index (κ1) is 15.4. The third-order valence-electron chi connectivity index (χ3n) is 3.95. The van der Waals surface area contributed by atoms with Crippen molar-refractivity contribution in [1.29, 1.82) is 0 Å². The zero-order chi connectivity index (χ0) is 15.9. The highest BCUT2D eigenvalue weighted by Crippen LogP contribution is 2.17. The van der Waals surface area contributed by atoms with Crippen LogP contribution >= 0.6 is 0 Å². The molecule has 1 aromatic carbocycles. The van der Waals surface area contributed by atoms with Crippen molar-refractivity contribution < 1.29 is 18.5 Å². The van der Waals surface area contributed by atoms with E-state index in [1.807, 2.05) is 36.4 Å². The van der Waals surface area contributed by atoms with Crippen molar-refractivity contribution >= 4 is 0 Å². The van der Waals surface area contributed by atoms with Gasteiger partial charge in [-0.25, -0.2) is 0 Å². The largest absolute Gasteiger partial charge is 0.496 e. The van der Waals surface area contributed by atoms with Gasteiger partial charge < -0.3 is 18.5 Å². The summed E-state index contributed by atoms with van der Waals surface area (Å²) in [7, 11) is 1.72. The molecule has 0 aliphatic rings. The maximum atomic E-state index is 5.50. The van der Waals surface area contributed by atoms with Crippen LogP contribution in [0.1, 0.15) is 17.1 Å². The van der Waals surface area contributed by atoms with Gasteiger partial charge in [-0.15, -0.1) is 0 Å². The van der Waals surface area contributed by atoms with E-state index in [9.17, 15) is 0 Å². The van der Waals surface area contributed by atoms with Gasteiger partial charge in [0.05, 0.1) is 26.2 Å². The highest BCUT2D eigenvalue weighted by atomic mass is 16.5. The quantitative estimate of drug-likeness (QED) is 0.695. The van der Waals surface area contributed by atoms with Gasteiger partial charge in [0.1, 0.15) is 18.8 Å². The topological polar surface area (TPSA) is 40.0 Å². The zero-order valence-electron chi connectivity index (χ0n) is 13.3. The summed E-state index contributed by atoms with van der Waals surface area (Å²) in [6.45, 7) is 2.65. The normalized spacial score (nSPS) is 11.0. The summed E-state index contributed by atoms with van der Waals surface area (Å²) in [5.41, 5.74) is 1.23. The highest BCUT2D eigenvalue weighted by Gasteiger charge is 2.15. The van der Waals surface area contributed by atoms with Crippen molar-refractivity contribution in [3.63, 3.8) is 0 Å². The van der Waals surface area contributed by atoms with Crippen molar-refractivity contribution in [1.82, 2.24) is 0 Å². The molecule has 3 aromatic rings. The van der Waals surface area contributed by atoms with E-state index in [0.29, 0.717) is 0 Å². The molecular weight excluding hydrogens is 290 g/mol. The Labute approximate surface area is 136 Å². The van der Waals surface area contributed by atoms with Crippen molar-refractivity contribution in [3.8, 4) is 5.75 Å². The molecule has 0 spiro atoms. The van der Waals surface area contributed by atoms with Crippen LogP contribution in [-0.4, -0.2) is 13.7 Å². The lowest BCUT2D eigenvalue weighted by molar-refractivity contribution is -0.929. The Kier molecular flexibility index (Phi) is 5.17. The Bertz CT molecular complexity index is 653. The number of para-hydroxylation sites is 1. The van der Waals surface area contributed by atoms with Crippen molar-refractivity contribution in [2.75, 3.05) is 13.7 Å². The van der Waals surface area contributed by atoms with Gasteiger partial charge in [0.25, 0.3) is 0 Å². The minimum atomic E-state index is 0.836. The molecule has 0 atom stereocenters. The SMILES string of the molecule is COc1ccccc1CC[NH+](Cc1ccco1)Cc1ccco1. The smallest absolute Gasteiger partial charge is 0.157 e. The molecule has 0 amide bonds. The molecule has 4 nitrogen and oxygen atoms in total. The summed E-state index contributed by atoms with van der Waals surface area (Å²) < 4.78 is 16.5. The molecular formula is C19H22NO3+. The number of rotatable bonds is 8.